The van der Waals surface area contributed by atoms with Crippen LogP contribution in [0.1, 0.15) is 27.0 Å². The van der Waals surface area contributed by atoms with E-state index in [1.165, 1.54) is 0 Å². The third kappa shape index (κ3) is 5.29. The lowest BCUT2D eigenvalue weighted by molar-refractivity contribution is 0.0697. The maximum Gasteiger partial charge on any atom is 0.335 e. The van der Waals surface area contributed by atoms with Crippen molar-refractivity contribution in [2.75, 3.05) is 12.4 Å². The number of carboxylic acid groups (broad SMARTS) is 1. The topological polar surface area (TPSA) is 67.8 Å². The van der Waals surface area contributed by atoms with E-state index in [2.05, 4.69) is 21.2 Å². The fraction of sp³-hybridized carbons (Fsp3) is 0.174. The van der Waals surface area contributed by atoms with E-state index in [1.807, 2.05) is 49.4 Å². The monoisotopic (exact) mass is 455 g/mol. The SMILES string of the molecule is COc1cc(Br)cc(CNc2cc(C(=O)O)ccc2C)c1OCc1ccccc1. The lowest BCUT2D eigenvalue weighted by Crippen LogP contribution is -2.07. The highest BCUT2D eigenvalue weighted by Crippen LogP contribution is 2.36. The van der Waals surface area contributed by atoms with Gasteiger partial charge in [0.15, 0.2) is 11.5 Å². The van der Waals surface area contributed by atoms with E-state index in [9.17, 15) is 9.90 Å². The number of aryl methyl sites for hydroxylation is 1. The summed E-state index contributed by atoms with van der Waals surface area (Å²) in [5, 5.41) is 12.6. The molecule has 0 aliphatic rings. The van der Waals surface area contributed by atoms with Gasteiger partial charge >= 0.3 is 5.97 Å². The molecule has 0 heterocycles. The third-order valence-corrected chi connectivity index (χ3v) is 4.95. The molecule has 0 unspecified atom stereocenters. The predicted octanol–water partition coefficient (Wildman–Crippen LogP) is 5.66. The number of benzene rings is 3. The van der Waals surface area contributed by atoms with Gasteiger partial charge in [0.05, 0.1) is 12.7 Å². The molecule has 0 radical (unpaired) electrons. The molecule has 0 saturated heterocycles. The van der Waals surface area contributed by atoms with Crippen LogP contribution in [-0.4, -0.2) is 18.2 Å². The van der Waals surface area contributed by atoms with E-state index in [4.69, 9.17) is 9.47 Å². The zero-order chi connectivity index (χ0) is 20.8. The quantitative estimate of drug-likeness (QED) is 0.458. The van der Waals surface area contributed by atoms with Crippen molar-refractivity contribution in [1.29, 1.82) is 0 Å². The van der Waals surface area contributed by atoms with Gasteiger partial charge in [-0.05, 0) is 42.3 Å². The van der Waals surface area contributed by atoms with Crippen molar-refractivity contribution >= 4 is 27.6 Å². The standard InChI is InChI=1S/C23H22BrNO4/c1-15-8-9-17(23(26)27)11-20(15)25-13-18-10-19(24)12-21(28-2)22(18)29-14-16-6-4-3-5-7-16/h3-12,25H,13-14H2,1-2H3,(H,26,27). The molecule has 0 spiro atoms. The lowest BCUT2D eigenvalue weighted by atomic mass is 10.1. The van der Waals surface area contributed by atoms with E-state index < -0.39 is 5.97 Å². The maximum absolute atomic E-state index is 11.3. The average Bonchev–Trinajstić information content (AvgIpc) is 2.72. The number of methoxy groups -OCH3 is 1. The molecule has 2 N–H and O–H groups in total. The lowest BCUT2D eigenvalue weighted by Gasteiger charge is -2.18. The maximum atomic E-state index is 11.3. The Hall–Kier alpha value is -2.99. The first-order valence-electron chi connectivity index (χ1n) is 9.09. The van der Waals surface area contributed by atoms with E-state index in [-0.39, 0.29) is 5.56 Å². The highest BCUT2D eigenvalue weighted by molar-refractivity contribution is 9.10. The summed E-state index contributed by atoms with van der Waals surface area (Å²) >= 11 is 3.51. The van der Waals surface area contributed by atoms with Gasteiger partial charge in [-0.1, -0.05) is 52.3 Å². The van der Waals surface area contributed by atoms with Crippen molar-refractivity contribution in [3.8, 4) is 11.5 Å². The second-order valence-corrected chi connectivity index (χ2v) is 7.47. The number of anilines is 1. The number of halogens is 1. The van der Waals surface area contributed by atoms with Crippen LogP contribution in [0.3, 0.4) is 0 Å². The number of carboxylic acids is 1. The van der Waals surface area contributed by atoms with Crippen LogP contribution in [0.2, 0.25) is 0 Å². The Morgan fingerprint density at radius 3 is 2.55 bits per heavy atom. The molecular formula is C23H22BrNO4. The summed E-state index contributed by atoms with van der Waals surface area (Å²) in [6, 6.07) is 18.8. The summed E-state index contributed by atoms with van der Waals surface area (Å²) in [5.74, 6) is 0.325. The molecule has 0 aliphatic carbocycles. The Morgan fingerprint density at radius 2 is 1.86 bits per heavy atom. The first-order chi connectivity index (χ1) is 14.0. The van der Waals surface area contributed by atoms with Crippen molar-refractivity contribution in [3.63, 3.8) is 0 Å². The Kier molecular flexibility index (Phi) is 6.77. The fourth-order valence-electron chi connectivity index (χ4n) is 2.94. The molecule has 6 heteroatoms. The number of rotatable bonds is 8. The smallest absolute Gasteiger partial charge is 0.335 e. The Labute approximate surface area is 178 Å². The molecule has 5 nitrogen and oxygen atoms in total. The van der Waals surface area contributed by atoms with E-state index in [1.54, 1.807) is 25.3 Å². The van der Waals surface area contributed by atoms with Crippen LogP contribution < -0.4 is 14.8 Å². The Bertz CT molecular complexity index is 1010. The van der Waals surface area contributed by atoms with Gasteiger partial charge in [0, 0.05) is 22.3 Å². The average molecular weight is 456 g/mol. The molecule has 0 fully saturated rings. The molecule has 3 aromatic rings. The molecular weight excluding hydrogens is 434 g/mol. The molecule has 29 heavy (non-hydrogen) atoms. The summed E-state index contributed by atoms with van der Waals surface area (Å²) < 4.78 is 12.5. The number of ether oxygens (including phenoxy) is 2. The zero-order valence-electron chi connectivity index (χ0n) is 16.2. The second-order valence-electron chi connectivity index (χ2n) is 6.56. The predicted molar refractivity (Wildman–Crippen MR) is 117 cm³/mol. The van der Waals surface area contributed by atoms with Gasteiger partial charge in [-0.25, -0.2) is 4.79 Å². The Morgan fingerprint density at radius 1 is 1.10 bits per heavy atom. The number of aromatic carboxylic acids is 1. The molecule has 0 amide bonds. The summed E-state index contributed by atoms with van der Waals surface area (Å²) in [5.41, 5.74) is 3.92. The van der Waals surface area contributed by atoms with Gasteiger partial charge < -0.3 is 19.9 Å². The fourth-order valence-corrected chi connectivity index (χ4v) is 3.42. The van der Waals surface area contributed by atoms with Crippen molar-refractivity contribution in [1.82, 2.24) is 0 Å². The molecule has 150 valence electrons. The highest BCUT2D eigenvalue weighted by Gasteiger charge is 2.14. The van der Waals surface area contributed by atoms with Gasteiger partial charge in [0.25, 0.3) is 0 Å². The molecule has 0 aromatic heterocycles. The highest BCUT2D eigenvalue weighted by atomic mass is 79.9. The third-order valence-electron chi connectivity index (χ3n) is 4.50. The van der Waals surface area contributed by atoms with Crippen LogP contribution in [0.4, 0.5) is 5.69 Å². The number of carbonyl (C=O) groups is 1. The minimum atomic E-state index is -0.955. The number of hydrogen-bond acceptors (Lipinski definition) is 4. The molecule has 0 aliphatic heterocycles. The van der Waals surface area contributed by atoms with Crippen LogP contribution >= 0.6 is 15.9 Å². The van der Waals surface area contributed by atoms with E-state index in [0.29, 0.717) is 24.7 Å². The largest absolute Gasteiger partial charge is 0.493 e. The summed E-state index contributed by atoms with van der Waals surface area (Å²) in [4.78, 5) is 11.3. The van der Waals surface area contributed by atoms with E-state index in [0.717, 1.165) is 26.9 Å². The van der Waals surface area contributed by atoms with Gasteiger partial charge in [-0.2, -0.15) is 0 Å². The van der Waals surface area contributed by atoms with E-state index >= 15 is 0 Å². The van der Waals surface area contributed by atoms with Crippen molar-refractivity contribution < 1.29 is 19.4 Å². The molecule has 0 saturated carbocycles. The van der Waals surface area contributed by atoms with Crippen LogP contribution in [0, 0.1) is 6.92 Å². The van der Waals surface area contributed by atoms with Gasteiger partial charge in [0.1, 0.15) is 6.61 Å². The summed E-state index contributed by atoms with van der Waals surface area (Å²) in [6.45, 7) is 2.80. The summed E-state index contributed by atoms with van der Waals surface area (Å²) in [6.07, 6.45) is 0. The van der Waals surface area contributed by atoms with Crippen LogP contribution in [-0.2, 0) is 13.2 Å². The second kappa shape index (κ2) is 9.47. The Balaban J connectivity index is 1.85. The van der Waals surface area contributed by atoms with Crippen LogP contribution in [0.5, 0.6) is 11.5 Å². The minimum Gasteiger partial charge on any atom is -0.493 e. The van der Waals surface area contributed by atoms with Gasteiger partial charge in [-0.3, -0.25) is 0 Å². The van der Waals surface area contributed by atoms with Crippen LogP contribution in [0.25, 0.3) is 0 Å². The summed E-state index contributed by atoms with van der Waals surface area (Å²) in [7, 11) is 1.61. The first-order valence-corrected chi connectivity index (χ1v) is 9.88. The van der Waals surface area contributed by atoms with Crippen molar-refractivity contribution in [3.05, 3.63) is 87.4 Å². The van der Waals surface area contributed by atoms with Gasteiger partial charge in [0.2, 0.25) is 0 Å². The molecule has 0 bridgehead atoms. The number of nitrogens with one attached hydrogen (secondary N) is 1. The molecule has 3 aromatic carbocycles. The van der Waals surface area contributed by atoms with Crippen molar-refractivity contribution in [2.45, 2.75) is 20.1 Å². The normalized spacial score (nSPS) is 10.4. The minimum absolute atomic E-state index is 0.241. The zero-order valence-corrected chi connectivity index (χ0v) is 17.8. The first kappa shape index (κ1) is 20.7. The van der Waals surface area contributed by atoms with Crippen molar-refractivity contribution in [2.24, 2.45) is 0 Å². The van der Waals surface area contributed by atoms with Crippen LogP contribution in [0.15, 0.2) is 65.1 Å². The van der Waals surface area contributed by atoms with Gasteiger partial charge in [-0.15, -0.1) is 0 Å². The molecule has 0 atom stereocenters. The molecule has 3 rings (SSSR count). The number of hydrogen-bond donors (Lipinski definition) is 2.